The van der Waals surface area contributed by atoms with Crippen molar-refractivity contribution in [2.24, 2.45) is 5.73 Å². The van der Waals surface area contributed by atoms with Gasteiger partial charge < -0.3 is 5.73 Å². The molecule has 0 saturated heterocycles. The first-order valence-corrected chi connectivity index (χ1v) is 4.96. The van der Waals surface area contributed by atoms with E-state index < -0.39 is 0 Å². The molecule has 4 heteroatoms. The third kappa shape index (κ3) is 2.22. The zero-order valence-corrected chi connectivity index (χ0v) is 8.72. The molecule has 0 unspecified atom stereocenters. The molecule has 15 heavy (non-hydrogen) atoms. The van der Waals surface area contributed by atoms with Crippen molar-refractivity contribution < 1.29 is 0 Å². The van der Waals surface area contributed by atoms with E-state index in [0.29, 0.717) is 13.1 Å². The highest BCUT2D eigenvalue weighted by molar-refractivity contribution is 5.54. The van der Waals surface area contributed by atoms with Crippen LogP contribution >= 0.6 is 0 Å². The van der Waals surface area contributed by atoms with Gasteiger partial charge >= 0.3 is 0 Å². The first-order chi connectivity index (χ1) is 7.29. The van der Waals surface area contributed by atoms with E-state index in [-0.39, 0.29) is 0 Å². The van der Waals surface area contributed by atoms with Crippen LogP contribution in [0.3, 0.4) is 0 Å². The van der Waals surface area contributed by atoms with Gasteiger partial charge in [0.2, 0.25) is 0 Å². The van der Waals surface area contributed by atoms with Crippen molar-refractivity contribution in [3.63, 3.8) is 0 Å². The number of hydrogen-bond donors (Lipinski definition) is 1. The molecule has 0 aliphatic heterocycles. The fraction of sp³-hybridized carbons (Fsp3) is 0.273. The first-order valence-electron chi connectivity index (χ1n) is 4.96. The van der Waals surface area contributed by atoms with Crippen LogP contribution in [0, 0.1) is 6.92 Å². The van der Waals surface area contributed by atoms with E-state index in [1.807, 2.05) is 12.1 Å². The van der Waals surface area contributed by atoms with Crippen LogP contribution in [0.5, 0.6) is 0 Å². The predicted molar refractivity (Wildman–Crippen MR) is 59.2 cm³/mol. The summed E-state index contributed by atoms with van der Waals surface area (Å²) in [7, 11) is 0. The summed E-state index contributed by atoms with van der Waals surface area (Å²) in [6, 6.07) is 8.16. The molecule has 0 fully saturated rings. The molecular weight excluding hydrogens is 188 g/mol. The average Bonchev–Trinajstić information content (AvgIpc) is 2.68. The van der Waals surface area contributed by atoms with Crippen LogP contribution in [-0.4, -0.2) is 21.3 Å². The molecule has 0 bridgehead atoms. The Bertz CT molecular complexity index is 430. The van der Waals surface area contributed by atoms with E-state index in [4.69, 9.17) is 5.73 Å². The zero-order chi connectivity index (χ0) is 10.7. The summed E-state index contributed by atoms with van der Waals surface area (Å²) in [5.74, 6) is 0.753. The lowest BCUT2D eigenvalue weighted by Gasteiger charge is -1.96. The average molecular weight is 202 g/mol. The number of aryl methyl sites for hydroxylation is 1. The molecule has 0 amide bonds. The Balaban J connectivity index is 2.25. The third-order valence-corrected chi connectivity index (χ3v) is 2.20. The maximum absolute atomic E-state index is 5.44. The zero-order valence-electron chi connectivity index (χ0n) is 8.72. The lowest BCUT2D eigenvalue weighted by molar-refractivity contribution is 0.625. The lowest BCUT2D eigenvalue weighted by Crippen LogP contribution is -2.10. The molecule has 0 aliphatic carbocycles. The third-order valence-electron chi connectivity index (χ3n) is 2.20. The number of aromatic nitrogens is 3. The fourth-order valence-electron chi connectivity index (χ4n) is 1.37. The SMILES string of the molecule is Cc1ccc(-c2ncn(CCN)n2)cc1. The van der Waals surface area contributed by atoms with Crippen molar-refractivity contribution in [2.45, 2.75) is 13.5 Å². The summed E-state index contributed by atoms with van der Waals surface area (Å²) in [4.78, 5) is 4.23. The van der Waals surface area contributed by atoms with Gasteiger partial charge in [0.25, 0.3) is 0 Å². The Morgan fingerprint density at radius 1 is 1.27 bits per heavy atom. The molecular formula is C11H14N4. The van der Waals surface area contributed by atoms with Gasteiger partial charge in [0.05, 0.1) is 6.54 Å². The highest BCUT2D eigenvalue weighted by Gasteiger charge is 2.02. The molecule has 0 spiro atoms. The summed E-state index contributed by atoms with van der Waals surface area (Å²) in [5, 5.41) is 4.33. The molecule has 0 aliphatic rings. The van der Waals surface area contributed by atoms with E-state index in [2.05, 4.69) is 29.1 Å². The minimum absolute atomic E-state index is 0.580. The van der Waals surface area contributed by atoms with Crippen molar-refractivity contribution in [1.29, 1.82) is 0 Å². The van der Waals surface area contributed by atoms with Crippen molar-refractivity contribution in [2.75, 3.05) is 6.54 Å². The number of nitrogens with two attached hydrogens (primary N) is 1. The van der Waals surface area contributed by atoms with Crippen molar-refractivity contribution in [1.82, 2.24) is 14.8 Å². The lowest BCUT2D eigenvalue weighted by atomic mass is 10.1. The highest BCUT2D eigenvalue weighted by Crippen LogP contribution is 2.14. The van der Waals surface area contributed by atoms with E-state index in [0.717, 1.165) is 11.4 Å². The summed E-state index contributed by atoms with van der Waals surface area (Å²) in [6.07, 6.45) is 1.71. The van der Waals surface area contributed by atoms with Gasteiger partial charge in [-0.05, 0) is 6.92 Å². The molecule has 0 radical (unpaired) electrons. The predicted octanol–water partition coefficient (Wildman–Crippen LogP) is 1.21. The second-order valence-electron chi connectivity index (χ2n) is 3.49. The van der Waals surface area contributed by atoms with Gasteiger partial charge in [-0.2, -0.15) is 5.10 Å². The van der Waals surface area contributed by atoms with Gasteiger partial charge in [0, 0.05) is 12.1 Å². The second-order valence-corrected chi connectivity index (χ2v) is 3.49. The Hall–Kier alpha value is -1.68. The Labute approximate surface area is 88.8 Å². The number of benzene rings is 1. The molecule has 2 N–H and O–H groups in total. The number of nitrogens with zero attached hydrogens (tertiary/aromatic N) is 3. The van der Waals surface area contributed by atoms with E-state index in [1.165, 1.54) is 5.56 Å². The molecule has 1 heterocycles. The van der Waals surface area contributed by atoms with Gasteiger partial charge in [0.15, 0.2) is 5.82 Å². The molecule has 1 aromatic heterocycles. The van der Waals surface area contributed by atoms with Gasteiger partial charge in [0.1, 0.15) is 6.33 Å². The second kappa shape index (κ2) is 4.23. The van der Waals surface area contributed by atoms with Crippen LogP contribution in [0.1, 0.15) is 5.56 Å². The fourth-order valence-corrected chi connectivity index (χ4v) is 1.37. The standard InChI is InChI=1S/C11H14N4/c1-9-2-4-10(5-3-9)11-13-8-15(14-11)7-6-12/h2-5,8H,6-7,12H2,1H3. The number of rotatable bonds is 3. The van der Waals surface area contributed by atoms with Gasteiger partial charge in [-0.25, -0.2) is 4.98 Å². The minimum Gasteiger partial charge on any atom is -0.329 e. The van der Waals surface area contributed by atoms with Gasteiger partial charge in [-0.15, -0.1) is 0 Å². The monoisotopic (exact) mass is 202 g/mol. The summed E-state index contributed by atoms with van der Waals surface area (Å²) in [5.41, 5.74) is 7.71. The van der Waals surface area contributed by atoms with E-state index in [1.54, 1.807) is 11.0 Å². The highest BCUT2D eigenvalue weighted by atomic mass is 15.3. The van der Waals surface area contributed by atoms with Gasteiger partial charge in [-0.3, -0.25) is 4.68 Å². The van der Waals surface area contributed by atoms with Crippen LogP contribution < -0.4 is 5.73 Å². The maximum Gasteiger partial charge on any atom is 0.181 e. The topological polar surface area (TPSA) is 56.7 Å². The van der Waals surface area contributed by atoms with Crippen LogP contribution in [0.4, 0.5) is 0 Å². The Morgan fingerprint density at radius 3 is 2.67 bits per heavy atom. The molecule has 1 aromatic carbocycles. The number of hydrogen-bond acceptors (Lipinski definition) is 3. The summed E-state index contributed by atoms with van der Waals surface area (Å²) >= 11 is 0. The van der Waals surface area contributed by atoms with Crippen molar-refractivity contribution in [3.8, 4) is 11.4 Å². The molecule has 4 nitrogen and oxygen atoms in total. The maximum atomic E-state index is 5.44. The summed E-state index contributed by atoms with van der Waals surface area (Å²) < 4.78 is 1.76. The molecule has 2 rings (SSSR count). The van der Waals surface area contributed by atoms with Crippen LogP contribution in [0.15, 0.2) is 30.6 Å². The normalized spacial score (nSPS) is 10.5. The first kappa shape index (κ1) is 9.86. The van der Waals surface area contributed by atoms with E-state index in [9.17, 15) is 0 Å². The molecule has 78 valence electrons. The Kier molecular flexibility index (Phi) is 2.78. The van der Waals surface area contributed by atoms with Crippen molar-refractivity contribution >= 4 is 0 Å². The molecule has 0 saturated carbocycles. The molecule has 2 aromatic rings. The largest absolute Gasteiger partial charge is 0.329 e. The summed E-state index contributed by atoms with van der Waals surface area (Å²) in [6.45, 7) is 3.35. The van der Waals surface area contributed by atoms with E-state index >= 15 is 0 Å². The van der Waals surface area contributed by atoms with Crippen LogP contribution in [0.25, 0.3) is 11.4 Å². The van der Waals surface area contributed by atoms with Gasteiger partial charge in [-0.1, -0.05) is 29.8 Å². The smallest absolute Gasteiger partial charge is 0.181 e. The quantitative estimate of drug-likeness (QED) is 0.814. The van der Waals surface area contributed by atoms with Crippen LogP contribution in [-0.2, 0) is 6.54 Å². The molecule has 0 atom stereocenters. The Morgan fingerprint density at radius 2 is 2.00 bits per heavy atom. The minimum atomic E-state index is 0.580. The van der Waals surface area contributed by atoms with Crippen LogP contribution in [0.2, 0.25) is 0 Å². The van der Waals surface area contributed by atoms with Crippen molar-refractivity contribution in [3.05, 3.63) is 36.2 Å².